The van der Waals surface area contributed by atoms with Crippen LogP contribution < -0.4 is 9.64 Å². The van der Waals surface area contributed by atoms with Crippen LogP contribution in [-0.4, -0.2) is 22.3 Å². The van der Waals surface area contributed by atoms with E-state index in [0.29, 0.717) is 41.2 Å². The molecule has 0 radical (unpaired) electrons. The number of hydrogen-bond acceptors (Lipinski definition) is 7. The molecule has 1 aliphatic heterocycles. The molecule has 1 heterocycles. The number of thiocarbonyl (C=S) groups is 1. The standard InChI is InChI=1S/C23H14Cl2N2O4S3/c1-31-19-8-5-15(12-17(19)25)26-22(28)21(34-23(26)32)11-13-2-9-20(18(10-13)27(29)30)33-16-6-3-14(24)4-7-16/h2-12H,1H3/b21-11+. The Kier molecular flexibility index (Phi) is 7.49. The smallest absolute Gasteiger partial charge is 0.283 e. The van der Waals surface area contributed by atoms with Crippen LogP contribution in [0.1, 0.15) is 5.56 Å². The van der Waals surface area contributed by atoms with E-state index < -0.39 is 4.92 Å². The molecular weight excluding hydrogens is 535 g/mol. The molecule has 1 aliphatic rings. The van der Waals surface area contributed by atoms with Crippen LogP contribution in [0.5, 0.6) is 5.75 Å². The van der Waals surface area contributed by atoms with E-state index in [9.17, 15) is 14.9 Å². The molecule has 1 fully saturated rings. The normalized spacial score (nSPS) is 14.7. The first kappa shape index (κ1) is 24.6. The third-order valence-electron chi connectivity index (χ3n) is 4.71. The average Bonchev–Trinajstić information content (AvgIpc) is 3.08. The summed E-state index contributed by atoms with van der Waals surface area (Å²) in [5.74, 6) is 0.147. The van der Waals surface area contributed by atoms with Gasteiger partial charge in [-0.25, -0.2) is 0 Å². The lowest BCUT2D eigenvalue weighted by molar-refractivity contribution is -0.387. The number of halogens is 2. The predicted octanol–water partition coefficient (Wildman–Crippen LogP) is 7.47. The number of nitro benzene ring substituents is 1. The summed E-state index contributed by atoms with van der Waals surface area (Å²) in [6.45, 7) is 0. The highest BCUT2D eigenvalue weighted by Crippen LogP contribution is 2.40. The van der Waals surface area contributed by atoms with Gasteiger partial charge in [-0.3, -0.25) is 19.8 Å². The van der Waals surface area contributed by atoms with Gasteiger partial charge >= 0.3 is 0 Å². The molecule has 0 saturated carbocycles. The van der Waals surface area contributed by atoms with Gasteiger partial charge in [0.2, 0.25) is 0 Å². The molecule has 1 amide bonds. The van der Waals surface area contributed by atoms with Gasteiger partial charge in [0.05, 0.1) is 32.5 Å². The number of rotatable bonds is 6. The van der Waals surface area contributed by atoms with Gasteiger partial charge < -0.3 is 4.74 Å². The third-order valence-corrected chi connectivity index (χ3v) is 7.63. The Bertz CT molecular complexity index is 1350. The number of anilines is 1. The number of thioether (sulfide) groups is 1. The van der Waals surface area contributed by atoms with E-state index in [4.69, 9.17) is 40.2 Å². The van der Waals surface area contributed by atoms with Gasteiger partial charge in [0.25, 0.3) is 11.6 Å². The quantitative estimate of drug-likeness (QED) is 0.137. The first-order valence-electron chi connectivity index (χ1n) is 9.60. The van der Waals surface area contributed by atoms with Crippen LogP contribution in [0.15, 0.2) is 75.4 Å². The van der Waals surface area contributed by atoms with Crippen molar-refractivity contribution in [3.63, 3.8) is 0 Å². The van der Waals surface area contributed by atoms with Gasteiger partial charge in [-0.15, -0.1) is 0 Å². The SMILES string of the molecule is COc1ccc(N2C(=O)/C(=C\c3ccc(Sc4ccc(Cl)cc4)c([N+](=O)[O-])c3)SC2=S)cc1Cl. The minimum Gasteiger partial charge on any atom is -0.495 e. The first-order valence-corrected chi connectivity index (χ1v) is 12.4. The Hall–Kier alpha value is -2.56. The Labute approximate surface area is 219 Å². The second-order valence-electron chi connectivity index (χ2n) is 6.88. The van der Waals surface area contributed by atoms with E-state index >= 15 is 0 Å². The van der Waals surface area contributed by atoms with Gasteiger partial charge in [0.1, 0.15) is 5.75 Å². The molecule has 0 spiro atoms. The van der Waals surface area contributed by atoms with Gasteiger partial charge in [-0.1, -0.05) is 65.0 Å². The molecule has 0 aromatic heterocycles. The molecule has 11 heteroatoms. The Morgan fingerprint density at radius 2 is 1.85 bits per heavy atom. The van der Waals surface area contributed by atoms with E-state index in [2.05, 4.69) is 0 Å². The van der Waals surface area contributed by atoms with Crippen molar-refractivity contribution in [2.24, 2.45) is 0 Å². The van der Waals surface area contributed by atoms with Crippen LogP contribution in [0.2, 0.25) is 10.0 Å². The van der Waals surface area contributed by atoms with Crippen LogP contribution in [0.4, 0.5) is 11.4 Å². The summed E-state index contributed by atoms with van der Waals surface area (Å²) in [6.07, 6.45) is 1.59. The molecule has 0 aliphatic carbocycles. The maximum absolute atomic E-state index is 13.1. The van der Waals surface area contributed by atoms with Crippen molar-refractivity contribution in [2.75, 3.05) is 12.0 Å². The number of ether oxygens (including phenoxy) is 1. The summed E-state index contributed by atoms with van der Waals surface area (Å²) in [5.41, 5.74) is 0.962. The number of amides is 1. The highest BCUT2D eigenvalue weighted by Gasteiger charge is 2.33. The van der Waals surface area contributed by atoms with Crippen LogP contribution >= 0.6 is 58.9 Å². The molecule has 4 rings (SSSR count). The Morgan fingerprint density at radius 3 is 2.50 bits per heavy atom. The van der Waals surface area contributed by atoms with Crippen molar-refractivity contribution in [2.45, 2.75) is 9.79 Å². The van der Waals surface area contributed by atoms with Gasteiger partial charge in [-0.2, -0.15) is 0 Å². The van der Waals surface area contributed by atoms with E-state index in [1.807, 2.05) is 0 Å². The van der Waals surface area contributed by atoms with Gasteiger partial charge in [0.15, 0.2) is 4.32 Å². The molecule has 3 aromatic carbocycles. The zero-order valence-electron chi connectivity index (χ0n) is 17.4. The second-order valence-corrected chi connectivity index (χ2v) is 10.5. The molecule has 172 valence electrons. The molecule has 0 bridgehead atoms. The number of methoxy groups -OCH3 is 1. The van der Waals surface area contributed by atoms with Gasteiger partial charge in [0, 0.05) is 16.0 Å². The number of hydrogen-bond donors (Lipinski definition) is 0. The van der Waals surface area contributed by atoms with E-state index in [1.165, 1.54) is 29.8 Å². The topological polar surface area (TPSA) is 72.7 Å². The van der Waals surface area contributed by atoms with Crippen LogP contribution in [0, 0.1) is 10.1 Å². The largest absolute Gasteiger partial charge is 0.495 e. The van der Waals surface area contributed by atoms with Crippen molar-refractivity contribution in [1.82, 2.24) is 0 Å². The number of carbonyl (C=O) groups is 1. The number of nitro groups is 1. The highest BCUT2D eigenvalue weighted by molar-refractivity contribution is 8.27. The fourth-order valence-corrected chi connectivity index (χ4v) is 5.70. The summed E-state index contributed by atoms with van der Waals surface area (Å²) in [4.78, 5) is 27.4. The fraction of sp³-hybridized carbons (Fsp3) is 0.0435. The molecule has 0 unspecified atom stereocenters. The summed E-state index contributed by atoms with van der Waals surface area (Å²) in [7, 11) is 1.50. The van der Waals surface area contributed by atoms with Crippen LogP contribution in [0.3, 0.4) is 0 Å². The molecule has 0 N–H and O–H groups in total. The van der Waals surface area contributed by atoms with Crippen LogP contribution in [-0.2, 0) is 4.79 Å². The minimum atomic E-state index is -0.444. The van der Waals surface area contributed by atoms with E-state index in [0.717, 1.165) is 16.7 Å². The number of nitrogens with zero attached hydrogens (tertiary/aromatic N) is 2. The lowest BCUT2D eigenvalue weighted by Gasteiger charge is -2.15. The van der Waals surface area contributed by atoms with E-state index in [-0.39, 0.29) is 11.6 Å². The van der Waals surface area contributed by atoms with Gasteiger partial charge in [-0.05, 0) is 60.2 Å². The average molecular weight is 549 g/mol. The monoisotopic (exact) mass is 548 g/mol. The van der Waals surface area contributed by atoms with Crippen molar-refractivity contribution >= 4 is 86.6 Å². The Morgan fingerprint density at radius 1 is 1.12 bits per heavy atom. The third kappa shape index (κ3) is 5.24. The molecule has 0 atom stereocenters. The fourth-order valence-electron chi connectivity index (χ4n) is 3.12. The van der Waals surface area contributed by atoms with Crippen molar-refractivity contribution in [3.05, 3.63) is 91.3 Å². The van der Waals surface area contributed by atoms with Crippen molar-refractivity contribution < 1.29 is 14.5 Å². The highest BCUT2D eigenvalue weighted by atomic mass is 35.5. The summed E-state index contributed by atoms with van der Waals surface area (Å²) >= 11 is 19.9. The first-order chi connectivity index (χ1) is 16.3. The molecule has 6 nitrogen and oxygen atoms in total. The molecular formula is C23H14Cl2N2O4S3. The van der Waals surface area contributed by atoms with Crippen LogP contribution in [0.25, 0.3) is 6.08 Å². The maximum atomic E-state index is 13.1. The summed E-state index contributed by atoms with van der Waals surface area (Å²) in [6, 6.07) is 16.8. The predicted molar refractivity (Wildman–Crippen MR) is 142 cm³/mol. The lowest BCUT2D eigenvalue weighted by Crippen LogP contribution is -2.27. The second kappa shape index (κ2) is 10.4. The number of benzene rings is 3. The molecule has 1 saturated heterocycles. The summed E-state index contributed by atoms with van der Waals surface area (Å²) in [5, 5.41) is 12.7. The zero-order chi connectivity index (χ0) is 24.4. The molecule has 34 heavy (non-hydrogen) atoms. The minimum absolute atomic E-state index is 0.0638. The Balaban J connectivity index is 1.62. The molecule has 3 aromatic rings. The van der Waals surface area contributed by atoms with E-state index in [1.54, 1.807) is 60.7 Å². The maximum Gasteiger partial charge on any atom is 0.283 e. The zero-order valence-corrected chi connectivity index (χ0v) is 21.3. The number of carbonyl (C=O) groups excluding carboxylic acids is 1. The van der Waals surface area contributed by atoms with Crippen molar-refractivity contribution in [1.29, 1.82) is 0 Å². The lowest BCUT2D eigenvalue weighted by atomic mass is 10.2. The summed E-state index contributed by atoms with van der Waals surface area (Å²) < 4.78 is 5.49. The van der Waals surface area contributed by atoms with Crippen molar-refractivity contribution in [3.8, 4) is 5.75 Å².